The highest BCUT2D eigenvalue weighted by atomic mass is 16.5. The predicted molar refractivity (Wildman–Crippen MR) is 93.9 cm³/mol. The topological polar surface area (TPSA) is 66.0 Å². The number of methoxy groups -OCH3 is 3. The van der Waals surface area contributed by atoms with Gasteiger partial charge in [0.15, 0.2) is 0 Å². The summed E-state index contributed by atoms with van der Waals surface area (Å²) in [4.78, 5) is 12.6. The first-order chi connectivity index (χ1) is 12.1. The molecule has 1 heterocycles. The highest BCUT2D eigenvalue weighted by Gasteiger charge is 2.27. The van der Waals surface area contributed by atoms with Crippen LogP contribution in [0.4, 0.5) is 5.69 Å². The first-order valence-electron chi connectivity index (χ1n) is 7.97. The molecule has 2 aromatic carbocycles. The molecule has 1 aliphatic rings. The lowest BCUT2D eigenvalue weighted by atomic mass is 9.95. The van der Waals surface area contributed by atoms with Crippen LogP contribution in [0, 0.1) is 5.92 Å². The van der Waals surface area contributed by atoms with Gasteiger partial charge in [-0.15, -0.1) is 0 Å². The Hall–Kier alpha value is -2.89. The highest BCUT2D eigenvalue weighted by Crippen LogP contribution is 2.33. The van der Waals surface area contributed by atoms with E-state index in [0.717, 1.165) is 17.1 Å². The minimum atomic E-state index is -0.286. The Morgan fingerprint density at radius 3 is 2.48 bits per heavy atom. The van der Waals surface area contributed by atoms with Crippen LogP contribution in [0.5, 0.6) is 23.0 Å². The van der Waals surface area contributed by atoms with Crippen molar-refractivity contribution in [3.63, 3.8) is 0 Å². The van der Waals surface area contributed by atoms with E-state index in [1.54, 1.807) is 39.5 Å². The van der Waals surface area contributed by atoms with Crippen molar-refractivity contribution in [1.82, 2.24) is 0 Å². The van der Waals surface area contributed by atoms with Crippen molar-refractivity contribution in [2.24, 2.45) is 5.92 Å². The maximum absolute atomic E-state index is 12.6. The van der Waals surface area contributed by atoms with Crippen LogP contribution in [0.1, 0.15) is 5.56 Å². The van der Waals surface area contributed by atoms with Crippen LogP contribution in [-0.4, -0.2) is 33.8 Å². The maximum Gasteiger partial charge on any atom is 0.231 e. The monoisotopic (exact) mass is 343 g/mol. The van der Waals surface area contributed by atoms with Crippen LogP contribution in [0.3, 0.4) is 0 Å². The van der Waals surface area contributed by atoms with Crippen LogP contribution in [-0.2, 0) is 11.2 Å². The number of carbonyl (C=O) groups excluding carboxylic acids is 1. The molecular weight excluding hydrogens is 322 g/mol. The highest BCUT2D eigenvalue weighted by molar-refractivity contribution is 5.94. The number of hydrogen-bond donors (Lipinski definition) is 1. The minimum absolute atomic E-state index is 0.114. The van der Waals surface area contributed by atoms with E-state index >= 15 is 0 Å². The van der Waals surface area contributed by atoms with Gasteiger partial charge in [0.1, 0.15) is 29.6 Å². The molecule has 0 saturated carbocycles. The summed E-state index contributed by atoms with van der Waals surface area (Å²) < 4.78 is 21.4. The van der Waals surface area contributed by atoms with Gasteiger partial charge in [-0.2, -0.15) is 0 Å². The quantitative estimate of drug-likeness (QED) is 0.904. The Labute approximate surface area is 146 Å². The van der Waals surface area contributed by atoms with Gasteiger partial charge in [-0.1, -0.05) is 0 Å². The van der Waals surface area contributed by atoms with Gasteiger partial charge in [0, 0.05) is 6.07 Å². The van der Waals surface area contributed by atoms with Gasteiger partial charge in [-0.25, -0.2) is 0 Å². The fourth-order valence-corrected chi connectivity index (χ4v) is 2.80. The molecule has 0 spiro atoms. The maximum atomic E-state index is 12.6. The molecule has 2 aromatic rings. The number of carbonyl (C=O) groups is 1. The summed E-state index contributed by atoms with van der Waals surface area (Å²) in [6.45, 7) is 0.337. The van der Waals surface area contributed by atoms with Crippen molar-refractivity contribution in [3.05, 3.63) is 42.0 Å². The number of ether oxygens (including phenoxy) is 4. The Bertz CT molecular complexity index is 774. The summed E-state index contributed by atoms with van der Waals surface area (Å²) in [7, 11) is 4.75. The third-order valence-electron chi connectivity index (χ3n) is 4.21. The average molecular weight is 343 g/mol. The van der Waals surface area contributed by atoms with E-state index in [0.29, 0.717) is 30.2 Å². The molecule has 0 fully saturated rings. The second-order valence-corrected chi connectivity index (χ2v) is 5.74. The summed E-state index contributed by atoms with van der Waals surface area (Å²) in [6, 6.07) is 10.9. The SMILES string of the molecule is COc1ccc2c(c1)C[C@H](C(=O)Nc1ccc(OC)cc1OC)CO2. The summed E-state index contributed by atoms with van der Waals surface area (Å²) in [6.07, 6.45) is 0.594. The lowest BCUT2D eigenvalue weighted by molar-refractivity contribution is -0.121. The van der Waals surface area contributed by atoms with Crippen LogP contribution in [0.25, 0.3) is 0 Å². The summed E-state index contributed by atoms with van der Waals surface area (Å²) in [5.74, 6) is 2.36. The van der Waals surface area contributed by atoms with Crippen LogP contribution < -0.4 is 24.3 Å². The minimum Gasteiger partial charge on any atom is -0.497 e. The van der Waals surface area contributed by atoms with Gasteiger partial charge in [-0.3, -0.25) is 4.79 Å². The molecule has 6 heteroatoms. The van der Waals surface area contributed by atoms with Crippen molar-refractivity contribution in [2.75, 3.05) is 33.3 Å². The normalized spacial score (nSPS) is 15.6. The molecule has 1 aliphatic heterocycles. The van der Waals surface area contributed by atoms with E-state index in [2.05, 4.69) is 5.32 Å². The molecule has 1 amide bonds. The molecule has 6 nitrogen and oxygen atoms in total. The van der Waals surface area contributed by atoms with Gasteiger partial charge in [-0.05, 0) is 42.3 Å². The molecule has 0 aliphatic carbocycles. The fourth-order valence-electron chi connectivity index (χ4n) is 2.80. The van der Waals surface area contributed by atoms with Crippen molar-refractivity contribution < 1.29 is 23.7 Å². The van der Waals surface area contributed by atoms with Crippen LogP contribution >= 0.6 is 0 Å². The fraction of sp³-hybridized carbons (Fsp3) is 0.316. The number of fused-ring (bicyclic) bond motifs is 1. The smallest absolute Gasteiger partial charge is 0.231 e. The lowest BCUT2D eigenvalue weighted by Crippen LogP contribution is -2.32. The standard InChI is InChI=1S/C19H21NO5/c1-22-14-5-7-17-12(9-14)8-13(11-25-17)19(21)20-16-6-4-15(23-2)10-18(16)24-3/h4-7,9-10,13H,8,11H2,1-3H3,(H,20,21)/t13-/m0/s1. The largest absolute Gasteiger partial charge is 0.497 e. The number of anilines is 1. The van der Waals surface area contributed by atoms with E-state index in [1.807, 2.05) is 18.2 Å². The Morgan fingerprint density at radius 1 is 1.04 bits per heavy atom. The molecule has 0 saturated heterocycles. The first kappa shape index (κ1) is 17.0. The van der Waals surface area contributed by atoms with E-state index in [1.165, 1.54) is 0 Å². The third kappa shape index (κ3) is 3.63. The molecule has 0 aromatic heterocycles. The van der Waals surface area contributed by atoms with E-state index < -0.39 is 0 Å². The number of rotatable bonds is 5. The van der Waals surface area contributed by atoms with Gasteiger partial charge in [0.05, 0.1) is 32.9 Å². The van der Waals surface area contributed by atoms with Crippen LogP contribution in [0.2, 0.25) is 0 Å². The van der Waals surface area contributed by atoms with Crippen molar-refractivity contribution in [2.45, 2.75) is 6.42 Å². The molecule has 3 rings (SSSR count). The molecule has 25 heavy (non-hydrogen) atoms. The van der Waals surface area contributed by atoms with Gasteiger partial charge in [0.2, 0.25) is 5.91 Å². The zero-order chi connectivity index (χ0) is 17.8. The summed E-state index contributed by atoms with van der Waals surface area (Å²) >= 11 is 0. The van der Waals surface area contributed by atoms with Crippen molar-refractivity contribution in [1.29, 1.82) is 0 Å². The molecule has 0 radical (unpaired) electrons. The third-order valence-corrected chi connectivity index (χ3v) is 4.21. The van der Waals surface area contributed by atoms with Crippen molar-refractivity contribution in [3.8, 4) is 23.0 Å². The van der Waals surface area contributed by atoms with E-state index in [9.17, 15) is 4.79 Å². The molecular formula is C19H21NO5. The Balaban J connectivity index is 1.74. The summed E-state index contributed by atoms with van der Waals surface area (Å²) in [5, 5.41) is 2.91. The first-order valence-corrected chi connectivity index (χ1v) is 7.97. The molecule has 1 N–H and O–H groups in total. The van der Waals surface area contributed by atoms with E-state index in [4.69, 9.17) is 18.9 Å². The zero-order valence-corrected chi connectivity index (χ0v) is 14.5. The lowest BCUT2D eigenvalue weighted by Gasteiger charge is -2.25. The van der Waals surface area contributed by atoms with E-state index in [-0.39, 0.29) is 11.8 Å². The number of benzene rings is 2. The van der Waals surface area contributed by atoms with Gasteiger partial charge < -0.3 is 24.3 Å². The van der Waals surface area contributed by atoms with Crippen LogP contribution in [0.15, 0.2) is 36.4 Å². The molecule has 0 bridgehead atoms. The second-order valence-electron chi connectivity index (χ2n) is 5.74. The van der Waals surface area contributed by atoms with Gasteiger partial charge in [0.25, 0.3) is 0 Å². The Kier molecular flexibility index (Phi) is 4.97. The van der Waals surface area contributed by atoms with Crippen molar-refractivity contribution >= 4 is 11.6 Å². The predicted octanol–water partition coefficient (Wildman–Crippen LogP) is 2.90. The molecule has 1 atom stereocenters. The average Bonchev–Trinajstić information content (AvgIpc) is 2.67. The number of hydrogen-bond acceptors (Lipinski definition) is 5. The second kappa shape index (κ2) is 7.34. The zero-order valence-electron chi connectivity index (χ0n) is 14.5. The van der Waals surface area contributed by atoms with Gasteiger partial charge >= 0.3 is 0 Å². The summed E-state index contributed by atoms with van der Waals surface area (Å²) in [5.41, 5.74) is 1.57. The molecule has 132 valence electrons. The molecule has 0 unspecified atom stereocenters. The number of amides is 1. The number of nitrogens with one attached hydrogen (secondary N) is 1. The Morgan fingerprint density at radius 2 is 1.76 bits per heavy atom.